The summed E-state index contributed by atoms with van der Waals surface area (Å²) in [5.41, 5.74) is 1.51. The van der Waals surface area contributed by atoms with Gasteiger partial charge in [0.05, 0.1) is 19.3 Å². The minimum atomic E-state index is -0.251. The highest BCUT2D eigenvalue weighted by molar-refractivity contribution is 7.20. The number of aryl methyl sites for hydroxylation is 1. The number of rotatable bonds is 5. The maximum atomic E-state index is 13.3. The van der Waals surface area contributed by atoms with Crippen LogP contribution in [0.5, 0.6) is 0 Å². The highest BCUT2D eigenvalue weighted by Crippen LogP contribution is 2.24. The number of aromatic nitrogens is 3. The Kier molecular flexibility index (Phi) is 5.15. The molecule has 4 rings (SSSR count). The molecule has 0 bridgehead atoms. The highest BCUT2D eigenvalue weighted by Gasteiger charge is 2.23. The predicted molar refractivity (Wildman–Crippen MR) is 102 cm³/mol. The van der Waals surface area contributed by atoms with Crippen molar-refractivity contribution in [2.75, 3.05) is 38.2 Å². The summed E-state index contributed by atoms with van der Waals surface area (Å²) < 4.78 is 20.1. The molecule has 1 atom stereocenters. The maximum absolute atomic E-state index is 13.3. The van der Waals surface area contributed by atoms with Gasteiger partial charge < -0.3 is 10.1 Å². The Hall–Kier alpha value is -2.36. The number of nitrogens with one attached hydrogen (secondary N) is 1. The molecular weight excluding hydrogens is 369 g/mol. The third-order valence-corrected chi connectivity index (χ3v) is 5.43. The molecule has 0 amide bonds. The number of anilines is 1. The minimum Gasteiger partial charge on any atom is -0.379 e. The Labute approximate surface area is 159 Å². The van der Waals surface area contributed by atoms with Crippen LogP contribution in [-0.4, -0.2) is 52.3 Å². The third-order valence-electron chi connectivity index (χ3n) is 4.56. The zero-order chi connectivity index (χ0) is 18.8. The van der Waals surface area contributed by atoms with Crippen LogP contribution in [0.1, 0.15) is 17.3 Å². The Morgan fingerprint density at radius 2 is 2.04 bits per heavy atom. The summed E-state index contributed by atoms with van der Waals surface area (Å²) in [6.07, 6.45) is 0. The number of ether oxygens (including phenoxy) is 1. The third kappa shape index (κ3) is 4.00. The van der Waals surface area contributed by atoms with Crippen LogP contribution in [0.3, 0.4) is 0 Å². The van der Waals surface area contributed by atoms with Crippen LogP contribution in [0, 0.1) is 12.7 Å². The first-order valence-corrected chi connectivity index (χ1v) is 9.60. The number of hydrogen-bond acceptors (Lipinski definition) is 7. The summed E-state index contributed by atoms with van der Waals surface area (Å²) in [6, 6.07) is 8.09. The predicted octanol–water partition coefficient (Wildman–Crippen LogP) is 2.08. The van der Waals surface area contributed by atoms with Gasteiger partial charge in [-0.15, -0.1) is 5.10 Å². The van der Waals surface area contributed by atoms with Crippen LogP contribution in [0.2, 0.25) is 0 Å². The van der Waals surface area contributed by atoms with Gasteiger partial charge in [-0.1, -0.05) is 23.5 Å². The van der Waals surface area contributed by atoms with Crippen LogP contribution < -0.4 is 10.9 Å². The van der Waals surface area contributed by atoms with Crippen molar-refractivity contribution in [2.24, 2.45) is 0 Å². The fourth-order valence-electron chi connectivity index (χ4n) is 3.21. The average Bonchev–Trinajstić information content (AvgIpc) is 3.07. The summed E-state index contributed by atoms with van der Waals surface area (Å²) >= 11 is 1.34. The van der Waals surface area contributed by atoms with E-state index in [9.17, 15) is 9.18 Å². The number of halogens is 1. The van der Waals surface area contributed by atoms with E-state index in [2.05, 4.69) is 20.3 Å². The molecule has 1 fully saturated rings. The molecule has 142 valence electrons. The topological polar surface area (TPSA) is 71.8 Å². The van der Waals surface area contributed by atoms with Crippen molar-refractivity contribution in [3.63, 3.8) is 0 Å². The minimum absolute atomic E-state index is 0.0490. The van der Waals surface area contributed by atoms with Gasteiger partial charge in [-0.25, -0.2) is 9.37 Å². The molecule has 0 radical (unpaired) electrons. The van der Waals surface area contributed by atoms with Gasteiger partial charge in [0.15, 0.2) is 0 Å². The lowest BCUT2D eigenvalue weighted by molar-refractivity contribution is 0.0187. The van der Waals surface area contributed by atoms with E-state index in [0.29, 0.717) is 35.5 Å². The van der Waals surface area contributed by atoms with Crippen LogP contribution in [0.4, 0.5) is 9.52 Å². The van der Waals surface area contributed by atoms with Crippen molar-refractivity contribution < 1.29 is 9.13 Å². The molecule has 1 N–H and O–H groups in total. The lowest BCUT2D eigenvalue weighted by Crippen LogP contribution is -2.41. The lowest BCUT2D eigenvalue weighted by Gasteiger charge is -2.34. The normalized spacial score (nSPS) is 16.5. The zero-order valence-corrected chi connectivity index (χ0v) is 15.7. The number of nitrogens with zero attached hydrogens (tertiary/aromatic N) is 4. The Morgan fingerprint density at radius 1 is 1.30 bits per heavy atom. The molecular formula is C18H20FN5O2S. The van der Waals surface area contributed by atoms with E-state index in [1.807, 2.05) is 12.1 Å². The number of fused-ring (bicyclic) bond motifs is 1. The van der Waals surface area contributed by atoms with Crippen molar-refractivity contribution in [1.29, 1.82) is 0 Å². The van der Waals surface area contributed by atoms with E-state index in [-0.39, 0.29) is 17.4 Å². The van der Waals surface area contributed by atoms with Gasteiger partial charge in [0.25, 0.3) is 5.56 Å². The van der Waals surface area contributed by atoms with E-state index in [1.54, 1.807) is 6.92 Å². The van der Waals surface area contributed by atoms with Gasteiger partial charge in [-0.05, 0) is 24.6 Å². The van der Waals surface area contributed by atoms with E-state index in [4.69, 9.17) is 4.74 Å². The first-order chi connectivity index (χ1) is 13.1. The molecule has 1 saturated heterocycles. The standard InChI is InChI=1S/C18H20FN5O2S/c1-12-10-16(25)24-18(21-12)27-17(22-24)20-11-15(23-6-8-26-9-7-23)13-2-4-14(19)5-3-13/h2-5,10,15H,6-9,11H2,1H3,(H,20,22). The second-order valence-electron chi connectivity index (χ2n) is 6.43. The highest BCUT2D eigenvalue weighted by atomic mass is 32.1. The summed E-state index contributed by atoms with van der Waals surface area (Å²) in [4.78, 5) is 19.3. The molecule has 1 aliphatic heterocycles. The molecule has 0 saturated carbocycles. The molecule has 3 aromatic rings. The van der Waals surface area contributed by atoms with Crippen molar-refractivity contribution in [1.82, 2.24) is 19.5 Å². The van der Waals surface area contributed by atoms with Crippen LogP contribution in [0.15, 0.2) is 35.1 Å². The van der Waals surface area contributed by atoms with E-state index in [1.165, 1.54) is 34.1 Å². The van der Waals surface area contributed by atoms with Gasteiger partial charge >= 0.3 is 0 Å². The van der Waals surface area contributed by atoms with Gasteiger partial charge in [0.1, 0.15) is 5.82 Å². The first-order valence-electron chi connectivity index (χ1n) is 8.79. The molecule has 7 nitrogen and oxygen atoms in total. The van der Waals surface area contributed by atoms with Crippen molar-refractivity contribution >= 4 is 21.4 Å². The lowest BCUT2D eigenvalue weighted by atomic mass is 10.0. The van der Waals surface area contributed by atoms with Crippen LogP contribution in [-0.2, 0) is 4.74 Å². The Balaban J connectivity index is 1.57. The second-order valence-corrected chi connectivity index (χ2v) is 7.39. The average molecular weight is 389 g/mol. The molecule has 0 spiro atoms. The fourth-order valence-corrected chi connectivity index (χ4v) is 4.07. The molecule has 3 heterocycles. The molecule has 27 heavy (non-hydrogen) atoms. The maximum Gasteiger partial charge on any atom is 0.275 e. The van der Waals surface area contributed by atoms with Crippen molar-refractivity contribution in [3.05, 3.63) is 57.8 Å². The fraction of sp³-hybridized carbons (Fsp3) is 0.389. The van der Waals surface area contributed by atoms with Crippen LogP contribution >= 0.6 is 11.3 Å². The first kappa shape index (κ1) is 18.0. The molecule has 0 aliphatic carbocycles. The van der Waals surface area contributed by atoms with Crippen molar-refractivity contribution in [2.45, 2.75) is 13.0 Å². The molecule has 1 unspecified atom stereocenters. The summed E-state index contributed by atoms with van der Waals surface area (Å²) in [5.74, 6) is -0.251. The smallest absolute Gasteiger partial charge is 0.275 e. The number of morpholine rings is 1. The van der Waals surface area contributed by atoms with Gasteiger partial charge in [0, 0.05) is 31.4 Å². The monoisotopic (exact) mass is 389 g/mol. The summed E-state index contributed by atoms with van der Waals surface area (Å²) in [5, 5.41) is 8.28. The van der Waals surface area contributed by atoms with Crippen LogP contribution in [0.25, 0.3) is 4.96 Å². The molecule has 9 heteroatoms. The molecule has 1 aromatic carbocycles. The summed E-state index contributed by atoms with van der Waals surface area (Å²) in [6.45, 7) is 5.35. The number of benzene rings is 1. The summed E-state index contributed by atoms with van der Waals surface area (Å²) in [7, 11) is 0. The largest absolute Gasteiger partial charge is 0.379 e. The zero-order valence-electron chi connectivity index (χ0n) is 14.9. The number of hydrogen-bond donors (Lipinski definition) is 1. The SMILES string of the molecule is Cc1cc(=O)n2nc(NCC(c3ccc(F)cc3)N3CCOCC3)sc2n1. The van der Waals surface area contributed by atoms with E-state index < -0.39 is 0 Å². The second kappa shape index (κ2) is 7.71. The van der Waals surface area contributed by atoms with E-state index >= 15 is 0 Å². The van der Waals surface area contributed by atoms with Crippen molar-refractivity contribution in [3.8, 4) is 0 Å². The van der Waals surface area contributed by atoms with Gasteiger partial charge in [-0.3, -0.25) is 9.69 Å². The van der Waals surface area contributed by atoms with Gasteiger partial charge in [0.2, 0.25) is 10.1 Å². The molecule has 1 aliphatic rings. The Morgan fingerprint density at radius 3 is 2.78 bits per heavy atom. The quantitative estimate of drug-likeness (QED) is 0.721. The Bertz CT molecular complexity index is 982. The van der Waals surface area contributed by atoms with E-state index in [0.717, 1.165) is 18.7 Å². The van der Waals surface area contributed by atoms with Gasteiger partial charge in [-0.2, -0.15) is 4.52 Å². The molecule has 2 aromatic heterocycles.